The van der Waals surface area contributed by atoms with E-state index in [1.807, 2.05) is 6.92 Å². The van der Waals surface area contributed by atoms with Crippen LogP contribution in [0.5, 0.6) is 0 Å². The van der Waals surface area contributed by atoms with E-state index in [1.165, 1.54) is 4.68 Å². The normalized spacial score (nSPS) is 12.5. The van der Waals surface area contributed by atoms with Crippen LogP contribution in [0, 0.1) is 0 Å². The largest absolute Gasteiger partial charge is 0.383 e. The summed E-state index contributed by atoms with van der Waals surface area (Å²) in [5, 5.41) is 7.05. The van der Waals surface area contributed by atoms with Crippen molar-refractivity contribution >= 4 is 21.6 Å². The first kappa shape index (κ1) is 12.2. The van der Waals surface area contributed by atoms with Crippen LogP contribution in [0.4, 0.5) is 5.69 Å². The Morgan fingerprint density at radius 1 is 1.73 bits per heavy atom. The van der Waals surface area contributed by atoms with Crippen molar-refractivity contribution in [3.8, 4) is 0 Å². The van der Waals surface area contributed by atoms with Gasteiger partial charge in [0.2, 0.25) is 0 Å². The van der Waals surface area contributed by atoms with E-state index >= 15 is 0 Å². The fourth-order valence-corrected chi connectivity index (χ4v) is 1.64. The number of methoxy groups -OCH3 is 1. The molecule has 6 heteroatoms. The van der Waals surface area contributed by atoms with Gasteiger partial charge in [0.05, 0.1) is 18.5 Å². The van der Waals surface area contributed by atoms with Crippen molar-refractivity contribution in [1.82, 2.24) is 9.78 Å². The molecule has 0 saturated heterocycles. The number of anilines is 1. The standard InChI is InChI=1S/C9H14BrN3O2/c1-6(5-15-3)12-7-4-11-13(2)9(14)8(7)10/h4,6,12H,5H2,1-3H3. The molecule has 0 aliphatic heterocycles. The van der Waals surface area contributed by atoms with E-state index in [1.54, 1.807) is 20.4 Å². The zero-order chi connectivity index (χ0) is 11.4. The van der Waals surface area contributed by atoms with Gasteiger partial charge in [0.25, 0.3) is 5.56 Å². The van der Waals surface area contributed by atoms with E-state index in [-0.39, 0.29) is 11.6 Å². The van der Waals surface area contributed by atoms with Crippen molar-refractivity contribution in [3.05, 3.63) is 21.0 Å². The minimum atomic E-state index is -0.162. The molecule has 1 aromatic rings. The predicted octanol–water partition coefficient (Wildman–Crippen LogP) is 0.990. The van der Waals surface area contributed by atoms with Crippen LogP contribution in [0.3, 0.4) is 0 Å². The Morgan fingerprint density at radius 2 is 2.40 bits per heavy atom. The number of hydrogen-bond donors (Lipinski definition) is 1. The molecule has 1 atom stereocenters. The highest BCUT2D eigenvalue weighted by Crippen LogP contribution is 2.16. The predicted molar refractivity (Wildman–Crippen MR) is 62.1 cm³/mol. The van der Waals surface area contributed by atoms with Crippen molar-refractivity contribution < 1.29 is 4.74 Å². The highest BCUT2D eigenvalue weighted by Gasteiger charge is 2.09. The fraction of sp³-hybridized carbons (Fsp3) is 0.556. The van der Waals surface area contributed by atoms with Crippen LogP contribution in [-0.2, 0) is 11.8 Å². The lowest BCUT2D eigenvalue weighted by molar-refractivity contribution is 0.190. The van der Waals surface area contributed by atoms with E-state index in [0.717, 1.165) is 0 Å². The molecule has 0 bridgehead atoms. The fourth-order valence-electron chi connectivity index (χ4n) is 1.17. The summed E-state index contributed by atoms with van der Waals surface area (Å²) in [6.45, 7) is 2.54. The molecule has 0 fully saturated rings. The second-order valence-electron chi connectivity index (χ2n) is 3.30. The summed E-state index contributed by atoms with van der Waals surface area (Å²) in [5.74, 6) is 0. The monoisotopic (exact) mass is 275 g/mol. The molecular weight excluding hydrogens is 262 g/mol. The van der Waals surface area contributed by atoms with Gasteiger partial charge in [-0.25, -0.2) is 4.68 Å². The second kappa shape index (κ2) is 5.27. The number of halogens is 1. The highest BCUT2D eigenvalue weighted by molar-refractivity contribution is 9.10. The van der Waals surface area contributed by atoms with Gasteiger partial charge in [0, 0.05) is 20.2 Å². The molecule has 0 aliphatic carbocycles. The molecule has 15 heavy (non-hydrogen) atoms. The maximum atomic E-state index is 11.5. The quantitative estimate of drug-likeness (QED) is 0.891. The van der Waals surface area contributed by atoms with Crippen LogP contribution in [0.2, 0.25) is 0 Å². The van der Waals surface area contributed by atoms with Gasteiger partial charge in [-0.05, 0) is 22.9 Å². The molecule has 1 aromatic heterocycles. The maximum Gasteiger partial charge on any atom is 0.282 e. The van der Waals surface area contributed by atoms with Crippen LogP contribution in [0.25, 0.3) is 0 Å². The lowest BCUT2D eigenvalue weighted by atomic mass is 10.3. The van der Waals surface area contributed by atoms with Crippen LogP contribution in [0.15, 0.2) is 15.5 Å². The van der Waals surface area contributed by atoms with Gasteiger partial charge >= 0.3 is 0 Å². The highest BCUT2D eigenvalue weighted by atomic mass is 79.9. The number of nitrogens with zero attached hydrogens (tertiary/aromatic N) is 2. The Hall–Kier alpha value is -0.880. The van der Waals surface area contributed by atoms with E-state index in [9.17, 15) is 4.79 Å². The van der Waals surface area contributed by atoms with Gasteiger partial charge in [-0.15, -0.1) is 0 Å². The molecule has 1 heterocycles. The zero-order valence-corrected chi connectivity index (χ0v) is 10.5. The summed E-state index contributed by atoms with van der Waals surface area (Å²) >= 11 is 3.23. The molecule has 0 radical (unpaired) electrons. The second-order valence-corrected chi connectivity index (χ2v) is 4.09. The minimum Gasteiger partial charge on any atom is -0.383 e. The van der Waals surface area contributed by atoms with Crippen molar-refractivity contribution in [2.75, 3.05) is 19.0 Å². The molecule has 1 unspecified atom stereocenters. The van der Waals surface area contributed by atoms with Gasteiger partial charge in [0.15, 0.2) is 0 Å². The SMILES string of the molecule is COCC(C)Nc1cnn(C)c(=O)c1Br. The topological polar surface area (TPSA) is 56.1 Å². The van der Waals surface area contributed by atoms with Crippen molar-refractivity contribution in [2.45, 2.75) is 13.0 Å². The van der Waals surface area contributed by atoms with E-state index in [0.29, 0.717) is 16.8 Å². The van der Waals surface area contributed by atoms with Gasteiger partial charge < -0.3 is 10.1 Å². The molecule has 0 amide bonds. The summed E-state index contributed by atoms with van der Waals surface area (Å²) in [5.41, 5.74) is 0.521. The molecule has 0 saturated carbocycles. The molecule has 0 aromatic carbocycles. The lowest BCUT2D eigenvalue weighted by Gasteiger charge is -2.14. The van der Waals surface area contributed by atoms with Crippen LogP contribution < -0.4 is 10.9 Å². The average Bonchev–Trinajstić information content (AvgIpc) is 2.20. The Kier molecular flexibility index (Phi) is 4.28. The molecule has 1 rings (SSSR count). The van der Waals surface area contributed by atoms with Gasteiger partial charge in [-0.1, -0.05) is 0 Å². The molecule has 5 nitrogen and oxygen atoms in total. The third-order valence-electron chi connectivity index (χ3n) is 1.90. The Morgan fingerprint density at radius 3 is 3.00 bits per heavy atom. The number of aromatic nitrogens is 2. The average molecular weight is 276 g/mol. The smallest absolute Gasteiger partial charge is 0.282 e. The van der Waals surface area contributed by atoms with Crippen LogP contribution in [-0.4, -0.2) is 29.5 Å². The lowest BCUT2D eigenvalue weighted by Crippen LogP contribution is -2.25. The number of aryl methyl sites for hydroxylation is 1. The molecular formula is C9H14BrN3O2. The molecule has 0 spiro atoms. The molecule has 84 valence electrons. The summed E-state index contributed by atoms with van der Waals surface area (Å²) in [6.07, 6.45) is 1.61. The first-order chi connectivity index (χ1) is 7.06. The van der Waals surface area contributed by atoms with Crippen LogP contribution >= 0.6 is 15.9 Å². The first-order valence-electron chi connectivity index (χ1n) is 4.53. The van der Waals surface area contributed by atoms with E-state index in [2.05, 4.69) is 26.3 Å². The summed E-state index contributed by atoms with van der Waals surface area (Å²) in [6, 6.07) is 0.125. The minimum absolute atomic E-state index is 0.125. The van der Waals surface area contributed by atoms with E-state index in [4.69, 9.17) is 4.74 Å². The van der Waals surface area contributed by atoms with Crippen molar-refractivity contribution in [1.29, 1.82) is 0 Å². The Balaban J connectivity index is 2.87. The van der Waals surface area contributed by atoms with E-state index < -0.39 is 0 Å². The maximum absolute atomic E-state index is 11.5. The number of ether oxygens (including phenoxy) is 1. The third-order valence-corrected chi connectivity index (χ3v) is 2.66. The summed E-state index contributed by atoms with van der Waals surface area (Å²) in [7, 11) is 3.24. The van der Waals surface area contributed by atoms with Crippen LogP contribution in [0.1, 0.15) is 6.92 Å². The first-order valence-corrected chi connectivity index (χ1v) is 5.32. The zero-order valence-electron chi connectivity index (χ0n) is 8.95. The van der Waals surface area contributed by atoms with Gasteiger partial charge in [-0.2, -0.15) is 5.10 Å². The third kappa shape index (κ3) is 3.04. The van der Waals surface area contributed by atoms with Gasteiger partial charge in [0.1, 0.15) is 4.47 Å². The molecule has 1 N–H and O–H groups in total. The van der Waals surface area contributed by atoms with Gasteiger partial charge in [-0.3, -0.25) is 4.79 Å². The summed E-state index contributed by atoms with van der Waals surface area (Å²) in [4.78, 5) is 11.5. The van der Waals surface area contributed by atoms with Crippen molar-refractivity contribution in [3.63, 3.8) is 0 Å². The number of hydrogen-bond acceptors (Lipinski definition) is 4. The Bertz CT molecular complexity index is 391. The summed E-state index contributed by atoms with van der Waals surface area (Å²) < 4.78 is 6.75. The molecule has 0 aliphatic rings. The van der Waals surface area contributed by atoms with Crippen molar-refractivity contribution in [2.24, 2.45) is 7.05 Å². The Labute approximate surface area is 96.6 Å². The number of rotatable bonds is 4. The number of nitrogens with one attached hydrogen (secondary N) is 1.